The number of halogens is 1. The van der Waals surface area contributed by atoms with Crippen molar-refractivity contribution in [3.8, 4) is 0 Å². The standard InChI is InChI=1S/C7H7Cl.C6H14.C4H10.C3H6O/c1-6-3-2-4-7(8)5-6;1-4-6(3)5-2;1-4(2)3;1-3(2)4/h2-5H,1H3;6H,4-5H2,1-3H3;4H,1-3H3;1-2H3. The largest absolute Gasteiger partial charge is 0.300 e. The first-order valence-corrected chi connectivity index (χ1v) is 8.63. The molecule has 0 aliphatic carbocycles. The van der Waals surface area contributed by atoms with Crippen LogP contribution in [0.25, 0.3) is 0 Å². The van der Waals surface area contributed by atoms with E-state index in [2.05, 4.69) is 41.5 Å². The highest BCUT2D eigenvalue weighted by molar-refractivity contribution is 6.30. The second-order valence-electron chi connectivity index (χ2n) is 6.36. The fourth-order valence-electron chi connectivity index (χ4n) is 0.894. The van der Waals surface area contributed by atoms with E-state index in [1.165, 1.54) is 32.3 Å². The molecular weight excluding hydrogens is 292 g/mol. The van der Waals surface area contributed by atoms with Crippen molar-refractivity contribution in [3.63, 3.8) is 0 Å². The Kier molecular flexibility index (Phi) is 21.6. The average molecular weight is 329 g/mol. The summed E-state index contributed by atoms with van der Waals surface area (Å²) in [6, 6.07) is 7.76. The predicted octanol–water partition coefficient (Wildman–Crippen LogP) is 7.35. The van der Waals surface area contributed by atoms with Gasteiger partial charge in [0.05, 0.1) is 0 Å². The molecule has 1 aromatic rings. The van der Waals surface area contributed by atoms with E-state index in [1.54, 1.807) is 0 Å². The van der Waals surface area contributed by atoms with Gasteiger partial charge in [0.15, 0.2) is 0 Å². The van der Waals surface area contributed by atoms with Crippen molar-refractivity contribution in [2.45, 2.75) is 75.2 Å². The lowest BCUT2D eigenvalue weighted by atomic mass is 10.1. The zero-order valence-electron chi connectivity index (χ0n) is 16.2. The Morgan fingerprint density at radius 2 is 1.41 bits per heavy atom. The number of rotatable bonds is 2. The van der Waals surface area contributed by atoms with Crippen LogP contribution in [0, 0.1) is 18.8 Å². The highest BCUT2D eigenvalue weighted by Gasteiger charge is 1.88. The zero-order valence-corrected chi connectivity index (χ0v) is 16.9. The van der Waals surface area contributed by atoms with Crippen LogP contribution in [0.1, 0.15) is 73.8 Å². The minimum atomic E-state index is 0.167. The van der Waals surface area contributed by atoms with Gasteiger partial charge < -0.3 is 4.79 Å². The molecule has 0 saturated carbocycles. The first-order chi connectivity index (χ1) is 10.1. The van der Waals surface area contributed by atoms with Crippen LogP contribution in [0.2, 0.25) is 5.02 Å². The van der Waals surface area contributed by atoms with E-state index >= 15 is 0 Å². The van der Waals surface area contributed by atoms with Crippen LogP contribution in [-0.2, 0) is 4.79 Å². The highest BCUT2D eigenvalue weighted by atomic mass is 35.5. The lowest BCUT2D eigenvalue weighted by Crippen LogP contribution is -1.85. The maximum Gasteiger partial charge on any atom is 0.126 e. The maximum atomic E-state index is 9.44. The van der Waals surface area contributed by atoms with Crippen LogP contribution < -0.4 is 0 Å². The third-order valence-corrected chi connectivity index (χ3v) is 2.61. The molecule has 0 spiro atoms. The van der Waals surface area contributed by atoms with E-state index in [0.717, 1.165) is 16.9 Å². The molecule has 0 aromatic heterocycles. The van der Waals surface area contributed by atoms with Crippen LogP contribution >= 0.6 is 11.6 Å². The summed E-state index contributed by atoms with van der Waals surface area (Å²) in [5.41, 5.74) is 1.21. The number of ketones is 1. The molecule has 22 heavy (non-hydrogen) atoms. The number of Topliss-reactive ketones (excluding diaryl/α,β-unsaturated/α-hetero) is 1. The monoisotopic (exact) mass is 328 g/mol. The number of hydrogen-bond acceptors (Lipinski definition) is 1. The molecule has 0 radical (unpaired) electrons. The van der Waals surface area contributed by atoms with Crippen molar-refractivity contribution in [2.24, 2.45) is 11.8 Å². The van der Waals surface area contributed by atoms with Gasteiger partial charge in [0.25, 0.3) is 0 Å². The van der Waals surface area contributed by atoms with Crippen LogP contribution in [-0.4, -0.2) is 5.78 Å². The van der Waals surface area contributed by atoms with Crippen molar-refractivity contribution < 1.29 is 4.79 Å². The second-order valence-corrected chi connectivity index (χ2v) is 6.80. The fraction of sp³-hybridized carbons (Fsp3) is 0.650. The summed E-state index contributed by atoms with van der Waals surface area (Å²) < 4.78 is 0. The Balaban J connectivity index is -0.000000231. The zero-order chi connectivity index (χ0) is 18.1. The number of carbonyl (C=O) groups excluding carboxylic acids is 1. The summed E-state index contributed by atoms with van der Waals surface area (Å²) >= 11 is 5.64. The van der Waals surface area contributed by atoms with E-state index in [1.807, 2.05) is 31.2 Å². The summed E-state index contributed by atoms with van der Waals surface area (Å²) in [7, 11) is 0. The topological polar surface area (TPSA) is 17.1 Å². The Morgan fingerprint density at radius 3 is 1.55 bits per heavy atom. The summed E-state index contributed by atoms with van der Waals surface area (Å²) in [5.74, 6) is 1.94. The number of benzene rings is 1. The van der Waals surface area contributed by atoms with Gasteiger partial charge in [-0.2, -0.15) is 0 Å². The molecule has 1 aromatic carbocycles. The van der Waals surface area contributed by atoms with Gasteiger partial charge in [-0.3, -0.25) is 0 Å². The molecule has 0 aliphatic heterocycles. The van der Waals surface area contributed by atoms with E-state index in [9.17, 15) is 4.79 Å². The Hall–Kier alpha value is -0.820. The maximum absolute atomic E-state index is 9.44. The molecular formula is C20H37ClO. The van der Waals surface area contributed by atoms with Crippen molar-refractivity contribution in [1.29, 1.82) is 0 Å². The van der Waals surface area contributed by atoms with Crippen LogP contribution in [0.4, 0.5) is 0 Å². The van der Waals surface area contributed by atoms with Crippen molar-refractivity contribution in [1.82, 2.24) is 0 Å². The average Bonchev–Trinajstić information content (AvgIpc) is 2.37. The smallest absolute Gasteiger partial charge is 0.126 e. The molecule has 0 bridgehead atoms. The molecule has 0 atom stereocenters. The van der Waals surface area contributed by atoms with E-state index in [4.69, 9.17) is 11.6 Å². The van der Waals surface area contributed by atoms with Gasteiger partial charge in [-0.25, -0.2) is 0 Å². The molecule has 0 N–H and O–H groups in total. The van der Waals surface area contributed by atoms with Crippen LogP contribution in [0.5, 0.6) is 0 Å². The molecule has 0 heterocycles. The Labute approximate surface area is 144 Å². The van der Waals surface area contributed by atoms with Crippen LogP contribution in [0.3, 0.4) is 0 Å². The molecule has 0 unspecified atom stereocenters. The normalized spacial score (nSPS) is 8.91. The van der Waals surface area contributed by atoms with Gasteiger partial charge in [-0.15, -0.1) is 0 Å². The molecule has 2 heteroatoms. The fourth-order valence-corrected chi connectivity index (χ4v) is 1.14. The molecule has 0 aliphatic rings. The SMILES string of the molecule is CC(C)=O.CC(C)C.CCC(C)CC.Cc1cccc(Cl)c1. The first-order valence-electron chi connectivity index (χ1n) is 8.25. The van der Waals surface area contributed by atoms with E-state index in [-0.39, 0.29) is 5.78 Å². The van der Waals surface area contributed by atoms with Gasteiger partial charge in [0, 0.05) is 5.02 Å². The Morgan fingerprint density at radius 1 is 1.05 bits per heavy atom. The van der Waals surface area contributed by atoms with E-state index < -0.39 is 0 Å². The number of hydrogen-bond donors (Lipinski definition) is 0. The summed E-state index contributed by atoms with van der Waals surface area (Å²) in [6.45, 7) is 18.3. The Bertz CT molecular complexity index is 330. The lowest BCUT2D eigenvalue weighted by Gasteiger charge is -1.98. The minimum absolute atomic E-state index is 0.167. The van der Waals surface area contributed by atoms with Gasteiger partial charge >= 0.3 is 0 Å². The number of aryl methyl sites for hydroxylation is 1. The summed E-state index contributed by atoms with van der Waals surface area (Å²) in [6.07, 6.45) is 2.66. The summed E-state index contributed by atoms with van der Waals surface area (Å²) in [5, 5.41) is 0.810. The lowest BCUT2D eigenvalue weighted by molar-refractivity contribution is -0.114. The van der Waals surface area contributed by atoms with Gasteiger partial charge in [0.2, 0.25) is 0 Å². The predicted molar refractivity (Wildman–Crippen MR) is 103 cm³/mol. The first kappa shape index (κ1) is 26.1. The molecule has 0 fully saturated rings. The van der Waals surface area contributed by atoms with Gasteiger partial charge in [0.1, 0.15) is 5.78 Å². The van der Waals surface area contributed by atoms with Gasteiger partial charge in [-0.1, -0.05) is 78.1 Å². The molecule has 0 saturated heterocycles. The van der Waals surface area contributed by atoms with Crippen molar-refractivity contribution >= 4 is 17.4 Å². The molecule has 0 amide bonds. The highest BCUT2D eigenvalue weighted by Crippen LogP contribution is 2.08. The molecule has 1 nitrogen and oxygen atoms in total. The third kappa shape index (κ3) is 36.5. The van der Waals surface area contributed by atoms with Gasteiger partial charge in [-0.05, 0) is 50.3 Å². The molecule has 1 rings (SSSR count). The van der Waals surface area contributed by atoms with Crippen molar-refractivity contribution in [3.05, 3.63) is 34.9 Å². The van der Waals surface area contributed by atoms with E-state index in [0.29, 0.717) is 0 Å². The number of carbonyl (C=O) groups is 1. The van der Waals surface area contributed by atoms with Crippen LogP contribution in [0.15, 0.2) is 24.3 Å². The third-order valence-electron chi connectivity index (χ3n) is 2.37. The van der Waals surface area contributed by atoms with Crippen molar-refractivity contribution in [2.75, 3.05) is 0 Å². The molecule has 130 valence electrons. The summed E-state index contributed by atoms with van der Waals surface area (Å²) in [4.78, 5) is 9.44. The second kappa shape index (κ2) is 18.2. The minimum Gasteiger partial charge on any atom is -0.300 e. The quantitative estimate of drug-likeness (QED) is 0.554.